The average Bonchev–Trinajstić information content (AvgIpc) is 3.28. The molecular weight excluding hydrogens is 391 g/mol. The van der Waals surface area contributed by atoms with E-state index in [9.17, 15) is 18.0 Å². The Hall–Kier alpha value is -2.46. The topological polar surface area (TPSA) is 54.3 Å². The Kier molecular flexibility index (Phi) is 5.07. The van der Waals surface area contributed by atoms with Crippen molar-refractivity contribution in [2.75, 3.05) is 26.2 Å². The number of piperazine rings is 1. The van der Waals surface area contributed by atoms with Crippen LogP contribution in [0.4, 0.5) is 13.2 Å². The van der Waals surface area contributed by atoms with Crippen LogP contribution in [0.2, 0.25) is 0 Å². The first kappa shape index (κ1) is 18.9. The fraction of sp³-hybridized carbons (Fsp3) is 0.389. The minimum Gasteiger partial charge on any atom is -0.339 e. The molecule has 0 aliphatic carbocycles. The molecule has 1 aliphatic rings. The van der Waals surface area contributed by atoms with Gasteiger partial charge in [-0.2, -0.15) is 18.3 Å². The number of hydrogen-bond acceptors (Lipinski definition) is 5. The maximum Gasteiger partial charge on any atom is 0.435 e. The molecular formula is C18H18F3N5OS. The summed E-state index contributed by atoms with van der Waals surface area (Å²) in [5.41, 5.74) is 0.00900. The molecule has 1 aromatic carbocycles. The molecule has 0 unspecified atom stereocenters. The van der Waals surface area contributed by atoms with Gasteiger partial charge in [-0.3, -0.25) is 14.4 Å². The Labute approximate surface area is 163 Å². The van der Waals surface area contributed by atoms with Gasteiger partial charge in [-0.05, 0) is 18.2 Å². The molecule has 6 nitrogen and oxygen atoms in total. The van der Waals surface area contributed by atoms with E-state index in [-0.39, 0.29) is 12.5 Å². The fourth-order valence-electron chi connectivity index (χ4n) is 3.17. The third-order valence-electron chi connectivity index (χ3n) is 4.65. The van der Waals surface area contributed by atoms with Crippen molar-refractivity contribution in [1.82, 2.24) is 24.6 Å². The number of rotatable bonds is 4. The maximum atomic E-state index is 12.6. The fourth-order valence-corrected chi connectivity index (χ4v) is 4.18. The van der Waals surface area contributed by atoms with Gasteiger partial charge in [0.25, 0.3) is 0 Å². The molecule has 148 valence electrons. The van der Waals surface area contributed by atoms with Crippen LogP contribution in [0.1, 0.15) is 10.7 Å². The molecule has 0 saturated carbocycles. The second kappa shape index (κ2) is 7.51. The van der Waals surface area contributed by atoms with Crippen LogP contribution in [0.3, 0.4) is 0 Å². The van der Waals surface area contributed by atoms with Crippen LogP contribution in [0.25, 0.3) is 10.2 Å². The summed E-state index contributed by atoms with van der Waals surface area (Å²) in [7, 11) is 0. The number of nitrogens with zero attached hydrogens (tertiary/aromatic N) is 5. The second-order valence-electron chi connectivity index (χ2n) is 6.63. The zero-order valence-electron chi connectivity index (χ0n) is 14.9. The van der Waals surface area contributed by atoms with Gasteiger partial charge < -0.3 is 4.90 Å². The number of carbonyl (C=O) groups excluding carboxylic acids is 1. The predicted molar refractivity (Wildman–Crippen MR) is 98.7 cm³/mol. The van der Waals surface area contributed by atoms with Crippen LogP contribution < -0.4 is 0 Å². The molecule has 10 heteroatoms. The van der Waals surface area contributed by atoms with Crippen LogP contribution in [0.15, 0.2) is 36.5 Å². The van der Waals surface area contributed by atoms with E-state index in [1.165, 1.54) is 6.20 Å². The molecule has 28 heavy (non-hydrogen) atoms. The first-order valence-corrected chi connectivity index (χ1v) is 9.65. The van der Waals surface area contributed by atoms with Gasteiger partial charge in [0.2, 0.25) is 5.91 Å². The van der Waals surface area contributed by atoms with Gasteiger partial charge in [0, 0.05) is 32.4 Å². The highest BCUT2D eigenvalue weighted by Crippen LogP contribution is 2.27. The van der Waals surface area contributed by atoms with Gasteiger partial charge in [-0.15, -0.1) is 11.3 Å². The zero-order chi connectivity index (χ0) is 19.7. The molecule has 0 atom stereocenters. The van der Waals surface area contributed by atoms with Gasteiger partial charge in [-0.1, -0.05) is 12.1 Å². The van der Waals surface area contributed by atoms with Gasteiger partial charge in [0.1, 0.15) is 11.6 Å². The molecule has 1 aliphatic heterocycles. The Morgan fingerprint density at radius 1 is 1.11 bits per heavy atom. The third kappa shape index (κ3) is 4.17. The molecule has 2 aromatic heterocycles. The van der Waals surface area contributed by atoms with E-state index in [4.69, 9.17) is 0 Å². The predicted octanol–water partition coefficient (Wildman–Crippen LogP) is 2.86. The highest BCUT2D eigenvalue weighted by molar-refractivity contribution is 7.18. The standard InChI is InChI=1S/C18H18F3N5OS/c19-18(20,21)15-5-6-26(23-15)12-17(27)25-9-7-24(8-10-25)11-16-22-13-3-1-2-4-14(13)28-16/h1-6H,7-12H2. The van der Waals surface area contributed by atoms with Crippen molar-refractivity contribution in [3.8, 4) is 0 Å². The summed E-state index contributed by atoms with van der Waals surface area (Å²) in [6, 6.07) is 8.88. The maximum absolute atomic E-state index is 12.6. The van der Waals surface area contributed by atoms with Crippen molar-refractivity contribution >= 4 is 27.5 Å². The van der Waals surface area contributed by atoms with E-state index in [0.717, 1.165) is 32.5 Å². The quantitative estimate of drug-likeness (QED) is 0.665. The Balaban J connectivity index is 1.29. The lowest BCUT2D eigenvalue weighted by atomic mass is 10.3. The smallest absolute Gasteiger partial charge is 0.339 e. The highest BCUT2D eigenvalue weighted by atomic mass is 32.1. The lowest BCUT2D eigenvalue weighted by Crippen LogP contribution is -2.49. The molecule has 4 rings (SSSR count). The molecule has 1 saturated heterocycles. The van der Waals surface area contributed by atoms with E-state index < -0.39 is 11.9 Å². The van der Waals surface area contributed by atoms with Gasteiger partial charge in [0.05, 0.1) is 16.8 Å². The lowest BCUT2D eigenvalue weighted by molar-refractivity contribution is -0.142. The minimum absolute atomic E-state index is 0.187. The minimum atomic E-state index is -4.50. The number of carbonyl (C=O) groups is 1. The summed E-state index contributed by atoms with van der Waals surface area (Å²) in [6.45, 7) is 3.03. The van der Waals surface area contributed by atoms with E-state index in [2.05, 4.69) is 15.0 Å². The summed E-state index contributed by atoms with van der Waals surface area (Å²) < 4.78 is 40.0. The van der Waals surface area contributed by atoms with E-state index in [1.807, 2.05) is 24.3 Å². The SMILES string of the molecule is O=C(Cn1ccc(C(F)(F)F)n1)N1CCN(Cc2nc3ccccc3s2)CC1. The Bertz CT molecular complexity index is 942. The monoisotopic (exact) mass is 409 g/mol. The van der Waals surface area contributed by atoms with Crippen LogP contribution in [0.5, 0.6) is 0 Å². The number of hydrogen-bond donors (Lipinski definition) is 0. The summed E-state index contributed by atoms with van der Waals surface area (Å²) in [4.78, 5) is 20.9. The van der Waals surface area contributed by atoms with Gasteiger partial charge in [-0.25, -0.2) is 4.98 Å². The molecule has 3 aromatic rings. The highest BCUT2D eigenvalue weighted by Gasteiger charge is 2.33. The molecule has 1 amide bonds. The van der Waals surface area contributed by atoms with Crippen LogP contribution >= 0.6 is 11.3 Å². The summed E-state index contributed by atoms with van der Waals surface area (Å²) in [6.07, 6.45) is -3.31. The van der Waals surface area contributed by atoms with Gasteiger partial charge in [0.15, 0.2) is 5.69 Å². The first-order valence-electron chi connectivity index (χ1n) is 8.84. The molecule has 0 N–H and O–H groups in total. The number of amides is 1. The lowest BCUT2D eigenvalue weighted by Gasteiger charge is -2.34. The van der Waals surface area contributed by atoms with Crippen molar-refractivity contribution in [2.45, 2.75) is 19.3 Å². The second-order valence-corrected chi connectivity index (χ2v) is 7.74. The van der Waals surface area contributed by atoms with Crippen molar-refractivity contribution in [3.05, 3.63) is 47.2 Å². The first-order chi connectivity index (χ1) is 13.4. The van der Waals surface area contributed by atoms with Crippen LogP contribution in [0, 0.1) is 0 Å². The largest absolute Gasteiger partial charge is 0.435 e. The molecule has 0 radical (unpaired) electrons. The van der Waals surface area contributed by atoms with Crippen LogP contribution in [-0.4, -0.2) is 56.7 Å². The summed E-state index contributed by atoms with van der Waals surface area (Å²) in [5.74, 6) is -0.225. The average molecular weight is 409 g/mol. The number of fused-ring (bicyclic) bond motifs is 1. The van der Waals surface area contributed by atoms with Crippen molar-refractivity contribution in [1.29, 1.82) is 0 Å². The Morgan fingerprint density at radius 3 is 2.54 bits per heavy atom. The number of benzene rings is 1. The Morgan fingerprint density at radius 2 is 1.86 bits per heavy atom. The van der Waals surface area contributed by atoms with Crippen molar-refractivity contribution < 1.29 is 18.0 Å². The summed E-state index contributed by atoms with van der Waals surface area (Å²) >= 11 is 1.67. The number of para-hydroxylation sites is 1. The third-order valence-corrected chi connectivity index (χ3v) is 5.67. The molecule has 0 bridgehead atoms. The zero-order valence-corrected chi connectivity index (χ0v) is 15.7. The number of thiazole rings is 1. The number of alkyl halides is 3. The van der Waals surface area contributed by atoms with Crippen molar-refractivity contribution in [2.24, 2.45) is 0 Å². The van der Waals surface area contributed by atoms with E-state index in [0.29, 0.717) is 26.2 Å². The molecule has 0 spiro atoms. The number of halogens is 3. The van der Waals surface area contributed by atoms with E-state index >= 15 is 0 Å². The number of aromatic nitrogens is 3. The summed E-state index contributed by atoms with van der Waals surface area (Å²) in [5, 5.41) is 4.47. The molecule has 3 heterocycles. The van der Waals surface area contributed by atoms with Gasteiger partial charge >= 0.3 is 6.18 Å². The normalized spacial score (nSPS) is 16.0. The van der Waals surface area contributed by atoms with Crippen molar-refractivity contribution in [3.63, 3.8) is 0 Å². The van der Waals surface area contributed by atoms with E-state index in [1.54, 1.807) is 16.2 Å². The van der Waals surface area contributed by atoms with Crippen LogP contribution in [-0.2, 0) is 24.1 Å². The molecule has 1 fully saturated rings.